The van der Waals surface area contributed by atoms with Gasteiger partial charge in [0.2, 0.25) is 0 Å². The lowest BCUT2D eigenvalue weighted by molar-refractivity contribution is -0.432. The number of carbonyl (C=O) groups is 1. The average Bonchev–Trinajstić information content (AvgIpc) is 2.34. The zero-order valence-electron chi connectivity index (χ0n) is 9.94. The van der Waals surface area contributed by atoms with Gasteiger partial charge in [0.1, 0.15) is 6.61 Å². The van der Waals surface area contributed by atoms with Crippen LogP contribution in [-0.2, 0) is 14.1 Å². The number of alkyl halides is 1. The van der Waals surface area contributed by atoms with E-state index in [9.17, 15) is 4.79 Å². The van der Waals surface area contributed by atoms with Gasteiger partial charge in [-0.2, -0.15) is 0 Å². The lowest BCUT2D eigenvalue weighted by Gasteiger charge is -2.10. The lowest BCUT2D eigenvalue weighted by Crippen LogP contribution is -2.08. The van der Waals surface area contributed by atoms with Crippen molar-refractivity contribution in [3.05, 3.63) is 28.8 Å². The molecule has 0 bridgehead atoms. The minimum absolute atomic E-state index is 0.177. The summed E-state index contributed by atoms with van der Waals surface area (Å²) in [6.07, 6.45) is 0. The van der Waals surface area contributed by atoms with Crippen LogP contribution in [0.15, 0.2) is 17.0 Å². The molecule has 100 valence electrons. The number of hydrogen-bond acceptors (Lipinski definition) is 6. The first-order valence-corrected chi connectivity index (χ1v) is 6.37. The molecule has 1 aromatic rings. The molecule has 18 heavy (non-hydrogen) atoms. The fourth-order valence-electron chi connectivity index (χ4n) is 1.46. The molecule has 1 rings (SSSR count). The van der Waals surface area contributed by atoms with Crippen LogP contribution in [0.3, 0.4) is 0 Å². The van der Waals surface area contributed by atoms with E-state index in [-0.39, 0.29) is 12.5 Å². The van der Waals surface area contributed by atoms with E-state index in [1.165, 1.54) is 0 Å². The van der Waals surface area contributed by atoms with Crippen LogP contribution in [0.2, 0.25) is 0 Å². The van der Waals surface area contributed by atoms with Crippen LogP contribution in [0.5, 0.6) is 0 Å². The molecule has 1 N–H and O–H groups in total. The molecule has 0 aliphatic rings. The Morgan fingerprint density at radius 3 is 2.50 bits per heavy atom. The molecule has 0 radical (unpaired) electrons. The van der Waals surface area contributed by atoms with Crippen LogP contribution in [0.25, 0.3) is 0 Å². The van der Waals surface area contributed by atoms with Gasteiger partial charge in [0, 0.05) is 4.90 Å². The second-order valence-electron chi connectivity index (χ2n) is 3.49. The normalized spacial score (nSPS) is 10.4. The Morgan fingerprint density at radius 1 is 1.39 bits per heavy atom. The Morgan fingerprint density at radius 2 is 2.00 bits per heavy atom. The topological polar surface area (TPSA) is 65.0 Å². The number of esters is 1. The predicted octanol–water partition coefficient (Wildman–Crippen LogP) is 3.13. The monoisotopic (exact) mass is 292 g/mol. The maximum atomic E-state index is 11.6. The third-order valence-electron chi connectivity index (χ3n) is 2.15. The maximum Gasteiger partial charge on any atom is 0.338 e. The third-order valence-corrected chi connectivity index (χ3v) is 3.25. The molecule has 0 saturated heterocycles. The Labute approximate surface area is 114 Å². The van der Waals surface area contributed by atoms with E-state index in [0.29, 0.717) is 5.56 Å². The molecule has 0 amide bonds. The van der Waals surface area contributed by atoms with Crippen LogP contribution in [0.4, 0.5) is 0 Å². The van der Waals surface area contributed by atoms with Gasteiger partial charge in [-0.25, -0.2) is 10.1 Å². The number of halogens is 1. The summed E-state index contributed by atoms with van der Waals surface area (Å²) in [7, 11) is 0. The molecule has 0 aliphatic heterocycles. The molecule has 7 heteroatoms. The highest BCUT2D eigenvalue weighted by molar-refractivity contribution is 7.94. The molecule has 0 atom stereocenters. The Hall–Kier alpha value is -0.790. The molecule has 0 spiro atoms. The van der Waals surface area contributed by atoms with Crippen molar-refractivity contribution in [2.75, 3.05) is 12.5 Å². The molecule has 0 aliphatic carbocycles. The number of ether oxygens (including phenoxy) is 1. The summed E-state index contributed by atoms with van der Waals surface area (Å²) in [6, 6.07) is 3.35. The van der Waals surface area contributed by atoms with Crippen LogP contribution in [-0.4, -0.2) is 23.7 Å². The summed E-state index contributed by atoms with van der Waals surface area (Å²) in [6.45, 7) is 3.80. The van der Waals surface area contributed by atoms with Gasteiger partial charge in [0.15, 0.2) is 0 Å². The smallest absolute Gasteiger partial charge is 0.338 e. The van der Waals surface area contributed by atoms with Gasteiger partial charge in [-0.15, -0.1) is 15.9 Å². The fourth-order valence-corrected chi connectivity index (χ4v) is 2.02. The Bertz CT molecular complexity index is 401. The van der Waals surface area contributed by atoms with Crippen LogP contribution in [0.1, 0.15) is 21.5 Å². The predicted molar refractivity (Wildman–Crippen MR) is 67.6 cm³/mol. The molecule has 0 unspecified atom stereocenters. The summed E-state index contributed by atoms with van der Waals surface area (Å²) < 4.78 is 9.32. The average molecular weight is 293 g/mol. The van der Waals surface area contributed by atoms with Gasteiger partial charge in [-0.05, 0) is 37.1 Å². The first kappa shape index (κ1) is 15.3. The van der Waals surface area contributed by atoms with E-state index >= 15 is 0 Å². The van der Waals surface area contributed by atoms with Crippen molar-refractivity contribution in [2.24, 2.45) is 0 Å². The number of hydrogen-bond donors (Lipinski definition) is 1. The number of carbonyl (C=O) groups excluding carboxylic acids is 1. The molecular weight excluding hydrogens is 280 g/mol. The van der Waals surface area contributed by atoms with E-state index in [0.717, 1.165) is 28.1 Å². The highest BCUT2D eigenvalue weighted by Crippen LogP contribution is 2.28. The van der Waals surface area contributed by atoms with Crippen LogP contribution >= 0.6 is 23.6 Å². The minimum Gasteiger partial charge on any atom is -0.461 e. The molecule has 0 heterocycles. The van der Waals surface area contributed by atoms with Crippen molar-refractivity contribution in [3.8, 4) is 0 Å². The number of aryl methyl sites for hydroxylation is 2. The molecule has 0 saturated carbocycles. The highest BCUT2D eigenvalue weighted by Gasteiger charge is 2.13. The second kappa shape index (κ2) is 7.60. The summed E-state index contributed by atoms with van der Waals surface area (Å²) in [4.78, 5) is 12.4. The van der Waals surface area contributed by atoms with Crippen molar-refractivity contribution in [1.29, 1.82) is 0 Å². The minimum atomic E-state index is -0.419. The molecule has 1 aromatic carbocycles. The first-order valence-electron chi connectivity index (χ1n) is 5.09. The van der Waals surface area contributed by atoms with Gasteiger partial charge in [0.05, 0.1) is 23.5 Å². The second-order valence-corrected chi connectivity index (χ2v) is 4.58. The van der Waals surface area contributed by atoms with Crippen molar-refractivity contribution < 1.29 is 24.2 Å². The van der Waals surface area contributed by atoms with Gasteiger partial charge in [-0.1, -0.05) is 5.04 Å². The summed E-state index contributed by atoms with van der Waals surface area (Å²) in [5.74, 6) is -0.156. The van der Waals surface area contributed by atoms with E-state index in [2.05, 4.69) is 9.37 Å². The molecule has 0 fully saturated rings. The maximum absolute atomic E-state index is 11.6. The number of benzene rings is 1. The summed E-state index contributed by atoms with van der Waals surface area (Å²) in [5, 5.41) is 11.7. The zero-order valence-corrected chi connectivity index (χ0v) is 11.5. The standard InChI is InChI=1S/C11H13ClO5S/c1-7-5-9(11(13)15-4-3-12)6-8(2)10(7)18-17-16-14/h5-6,14H,3-4H2,1-2H3. The molecule has 5 nitrogen and oxygen atoms in total. The number of rotatable bonds is 6. The largest absolute Gasteiger partial charge is 0.461 e. The summed E-state index contributed by atoms with van der Waals surface area (Å²) in [5.41, 5.74) is 2.08. The van der Waals surface area contributed by atoms with E-state index in [1.807, 2.05) is 13.8 Å². The van der Waals surface area contributed by atoms with Crippen molar-refractivity contribution in [2.45, 2.75) is 18.7 Å². The van der Waals surface area contributed by atoms with Crippen molar-refractivity contribution in [3.63, 3.8) is 0 Å². The zero-order chi connectivity index (χ0) is 13.5. The van der Waals surface area contributed by atoms with Crippen molar-refractivity contribution in [1.82, 2.24) is 0 Å². The van der Waals surface area contributed by atoms with Crippen LogP contribution in [0, 0.1) is 13.8 Å². The molecule has 0 aromatic heterocycles. The van der Waals surface area contributed by atoms with E-state index < -0.39 is 5.97 Å². The van der Waals surface area contributed by atoms with Gasteiger partial charge < -0.3 is 4.74 Å². The lowest BCUT2D eigenvalue weighted by atomic mass is 10.1. The van der Waals surface area contributed by atoms with E-state index in [1.54, 1.807) is 12.1 Å². The first-order chi connectivity index (χ1) is 8.60. The van der Waals surface area contributed by atoms with Gasteiger partial charge >= 0.3 is 5.97 Å². The molecular formula is C11H13ClO5S. The summed E-state index contributed by atoms with van der Waals surface area (Å²) >= 11 is 6.31. The quantitative estimate of drug-likeness (QED) is 0.286. The highest BCUT2D eigenvalue weighted by atomic mass is 35.5. The van der Waals surface area contributed by atoms with Gasteiger partial charge in [-0.3, -0.25) is 0 Å². The Balaban J connectivity index is 2.88. The fraction of sp³-hybridized carbons (Fsp3) is 0.364. The Kier molecular flexibility index (Phi) is 6.45. The van der Waals surface area contributed by atoms with Gasteiger partial charge in [0.25, 0.3) is 0 Å². The van der Waals surface area contributed by atoms with Crippen LogP contribution < -0.4 is 0 Å². The third kappa shape index (κ3) is 4.15. The van der Waals surface area contributed by atoms with E-state index in [4.69, 9.17) is 21.6 Å². The SMILES string of the molecule is Cc1cc(C(=O)OCCCl)cc(C)c1SOOO. The van der Waals surface area contributed by atoms with Crippen molar-refractivity contribution >= 4 is 29.6 Å².